The SMILES string of the molecule is C=C(SC)C(O)(C(=O)OC1CC2C3OC3C(C1)N2C)c1cccs1. The fourth-order valence-electron chi connectivity index (χ4n) is 4.02. The van der Waals surface area contributed by atoms with E-state index in [9.17, 15) is 9.90 Å². The van der Waals surface area contributed by atoms with Gasteiger partial charge in [0.25, 0.3) is 0 Å². The number of ether oxygens (including phenoxy) is 2. The zero-order valence-corrected chi connectivity index (χ0v) is 15.3. The molecule has 5 atom stereocenters. The number of thioether (sulfide) groups is 1. The van der Waals surface area contributed by atoms with Gasteiger partial charge in [-0.05, 0) is 24.7 Å². The van der Waals surface area contributed by atoms with Gasteiger partial charge in [-0.15, -0.1) is 23.1 Å². The molecule has 1 aromatic heterocycles. The highest BCUT2D eigenvalue weighted by Gasteiger charge is 2.63. The summed E-state index contributed by atoms with van der Waals surface area (Å²) in [7, 11) is 2.11. The van der Waals surface area contributed by atoms with Gasteiger partial charge in [0.05, 0.1) is 4.88 Å². The van der Waals surface area contributed by atoms with Crippen LogP contribution in [0.3, 0.4) is 0 Å². The average Bonchev–Trinajstić information content (AvgIpc) is 3.11. The number of hydrogen-bond donors (Lipinski definition) is 1. The summed E-state index contributed by atoms with van der Waals surface area (Å²) in [5, 5.41) is 12.9. The Balaban J connectivity index is 1.51. The number of fused-ring (bicyclic) bond motifs is 5. The fraction of sp³-hybridized carbons (Fsp3) is 0.588. The zero-order chi connectivity index (χ0) is 17.1. The van der Waals surface area contributed by atoms with E-state index in [0.717, 1.165) is 12.8 Å². The van der Waals surface area contributed by atoms with Gasteiger partial charge in [0, 0.05) is 29.8 Å². The average molecular weight is 367 g/mol. The van der Waals surface area contributed by atoms with Crippen molar-refractivity contribution in [1.82, 2.24) is 4.90 Å². The third kappa shape index (κ3) is 2.37. The highest BCUT2D eigenvalue weighted by atomic mass is 32.2. The lowest BCUT2D eigenvalue weighted by molar-refractivity contribution is -0.171. The molecule has 0 saturated carbocycles. The molecule has 0 aliphatic carbocycles. The zero-order valence-electron chi connectivity index (χ0n) is 13.7. The molecule has 3 fully saturated rings. The summed E-state index contributed by atoms with van der Waals surface area (Å²) < 4.78 is 11.4. The van der Waals surface area contributed by atoms with E-state index < -0.39 is 11.6 Å². The molecule has 0 radical (unpaired) electrons. The monoisotopic (exact) mass is 367 g/mol. The number of rotatable bonds is 5. The first kappa shape index (κ1) is 16.6. The smallest absolute Gasteiger partial charge is 0.349 e. The number of likely N-dealkylation sites (N-methyl/N-ethyl adjacent to an activating group) is 1. The van der Waals surface area contributed by atoms with Gasteiger partial charge in [0.1, 0.15) is 18.3 Å². The molecule has 130 valence electrons. The van der Waals surface area contributed by atoms with Crippen LogP contribution in [0.5, 0.6) is 0 Å². The maximum absolute atomic E-state index is 12.9. The molecule has 1 N–H and O–H groups in total. The number of aliphatic hydroxyl groups is 1. The lowest BCUT2D eigenvalue weighted by atomic mass is 9.98. The van der Waals surface area contributed by atoms with Crippen LogP contribution < -0.4 is 0 Å². The largest absolute Gasteiger partial charge is 0.460 e. The first-order chi connectivity index (χ1) is 11.5. The summed E-state index contributed by atoms with van der Waals surface area (Å²) in [6, 6.07) is 4.18. The Labute approximate surface area is 149 Å². The van der Waals surface area contributed by atoms with E-state index in [4.69, 9.17) is 9.47 Å². The number of morpholine rings is 1. The molecule has 5 unspecified atom stereocenters. The Bertz CT molecular complexity index is 646. The molecule has 3 aliphatic heterocycles. The first-order valence-corrected chi connectivity index (χ1v) is 10.2. The summed E-state index contributed by atoms with van der Waals surface area (Å²) in [5.41, 5.74) is -1.78. The van der Waals surface area contributed by atoms with Gasteiger partial charge in [-0.2, -0.15) is 0 Å². The van der Waals surface area contributed by atoms with Crippen LogP contribution in [0, 0.1) is 0 Å². The minimum absolute atomic E-state index is 0.179. The molecule has 3 saturated heterocycles. The number of nitrogens with zero attached hydrogens (tertiary/aromatic N) is 1. The Kier molecular flexibility index (Phi) is 4.04. The van der Waals surface area contributed by atoms with E-state index in [1.165, 1.54) is 23.1 Å². The summed E-state index contributed by atoms with van der Waals surface area (Å²) >= 11 is 2.61. The van der Waals surface area contributed by atoms with Crippen molar-refractivity contribution in [3.05, 3.63) is 33.9 Å². The lowest BCUT2D eigenvalue weighted by Gasteiger charge is -2.39. The quantitative estimate of drug-likeness (QED) is 0.634. The summed E-state index contributed by atoms with van der Waals surface area (Å²) in [6.07, 6.45) is 3.72. The van der Waals surface area contributed by atoms with Crippen LogP contribution in [-0.4, -0.2) is 59.7 Å². The molecule has 1 aromatic rings. The highest BCUT2D eigenvalue weighted by Crippen LogP contribution is 2.48. The predicted molar refractivity (Wildman–Crippen MR) is 94.0 cm³/mol. The molecule has 0 aromatic carbocycles. The maximum Gasteiger partial charge on any atom is 0.349 e. The van der Waals surface area contributed by atoms with Crippen LogP contribution in [0.4, 0.5) is 0 Å². The standard InChI is InChI=1S/C17H21NO4S2/c1-9(23-3)17(20,13-5-4-6-24-13)16(19)21-10-7-11-14-15(22-14)12(8-10)18(11)2/h4-6,10-12,14-15,20H,1,7-8H2,2-3H3. The molecule has 0 amide bonds. The van der Waals surface area contributed by atoms with E-state index in [1.807, 2.05) is 11.4 Å². The molecule has 5 nitrogen and oxygen atoms in total. The number of thiophene rings is 1. The number of epoxide rings is 1. The van der Waals surface area contributed by atoms with Crippen LogP contribution in [-0.2, 0) is 19.9 Å². The van der Waals surface area contributed by atoms with Gasteiger partial charge in [0.15, 0.2) is 0 Å². The Morgan fingerprint density at radius 1 is 1.50 bits per heavy atom. The van der Waals surface area contributed by atoms with Crippen molar-refractivity contribution in [2.45, 2.75) is 48.8 Å². The molecule has 7 heteroatoms. The van der Waals surface area contributed by atoms with E-state index in [2.05, 4.69) is 18.5 Å². The van der Waals surface area contributed by atoms with Crippen LogP contribution in [0.25, 0.3) is 0 Å². The van der Waals surface area contributed by atoms with E-state index >= 15 is 0 Å². The molecule has 2 bridgehead atoms. The second-order valence-corrected chi connectivity index (χ2v) is 8.53. The van der Waals surface area contributed by atoms with Crippen molar-refractivity contribution in [2.75, 3.05) is 13.3 Å². The number of carbonyl (C=O) groups is 1. The van der Waals surface area contributed by atoms with Gasteiger partial charge in [-0.3, -0.25) is 4.90 Å². The molecule has 4 heterocycles. The minimum Gasteiger partial charge on any atom is -0.460 e. The fourth-order valence-corrected chi connectivity index (χ4v) is 5.41. The van der Waals surface area contributed by atoms with Crippen LogP contribution >= 0.6 is 23.1 Å². The van der Waals surface area contributed by atoms with Gasteiger partial charge in [-0.1, -0.05) is 12.6 Å². The highest BCUT2D eigenvalue weighted by molar-refractivity contribution is 8.02. The maximum atomic E-state index is 12.9. The Morgan fingerprint density at radius 3 is 2.71 bits per heavy atom. The molecule has 4 rings (SSSR count). The normalized spacial score (nSPS) is 36.7. The Morgan fingerprint density at radius 2 is 2.17 bits per heavy atom. The van der Waals surface area contributed by atoms with Crippen molar-refractivity contribution in [3.63, 3.8) is 0 Å². The van der Waals surface area contributed by atoms with Crippen LogP contribution in [0.15, 0.2) is 29.0 Å². The van der Waals surface area contributed by atoms with Crippen molar-refractivity contribution in [2.24, 2.45) is 0 Å². The van der Waals surface area contributed by atoms with E-state index in [-0.39, 0.29) is 6.10 Å². The predicted octanol–water partition coefficient (Wildman–Crippen LogP) is 1.97. The van der Waals surface area contributed by atoms with Gasteiger partial charge in [0.2, 0.25) is 5.60 Å². The third-order valence-corrected chi connectivity index (χ3v) is 7.24. The molecule has 3 aliphatic rings. The summed E-state index contributed by atoms with van der Waals surface area (Å²) in [5.74, 6) is -0.618. The number of esters is 1. The second-order valence-electron chi connectivity index (χ2n) is 6.68. The van der Waals surface area contributed by atoms with Crippen molar-refractivity contribution < 1.29 is 19.4 Å². The Hall–Kier alpha value is -0.860. The summed E-state index contributed by atoms with van der Waals surface area (Å²) in [6.45, 7) is 3.88. The van der Waals surface area contributed by atoms with Gasteiger partial charge >= 0.3 is 5.97 Å². The summed E-state index contributed by atoms with van der Waals surface area (Å²) in [4.78, 5) is 16.1. The molecule has 24 heavy (non-hydrogen) atoms. The van der Waals surface area contributed by atoms with Crippen LogP contribution in [0.1, 0.15) is 17.7 Å². The van der Waals surface area contributed by atoms with Crippen molar-refractivity contribution in [3.8, 4) is 0 Å². The van der Waals surface area contributed by atoms with Gasteiger partial charge in [-0.25, -0.2) is 4.79 Å². The number of piperidine rings is 1. The first-order valence-electron chi connectivity index (χ1n) is 8.05. The molecule has 0 spiro atoms. The van der Waals surface area contributed by atoms with Gasteiger partial charge < -0.3 is 14.6 Å². The molecular formula is C17H21NO4S2. The minimum atomic E-state index is -1.78. The topological polar surface area (TPSA) is 62.3 Å². The van der Waals surface area contributed by atoms with Crippen molar-refractivity contribution in [1.29, 1.82) is 0 Å². The lowest BCUT2D eigenvalue weighted by Crippen LogP contribution is -2.49. The molecular weight excluding hydrogens is 346 g/mol. The second kappa shape index (κ2) is 5.85. The van der Waals surface area contributed by atoms with Crippen LogP contribution in [0.2, 0.25) is 0 Å². The van der Waals surface area contributed by atoms with E-state index in [1.54, 1.807) is 12.3 Å². The third-order valence-electron chi connectivity index (χ3n) is 5.47. The number of carbonyl (C=O) groups excluding carboxylic acids is 1. The number of hydrogen-bond acceptors (Lipinski definition) is 7. The van der Waals surface area contributed by atoms with E-state index in [0.29, 0.717) is 34.1 Å². The van der Waals surface area contributed by atoms with Crippen molar-refractivity contribution >= 4 is 29.1 Å².